The van der Waals surface area contributed by atoms with Crippen LogP contribution >= 0.6 is 11.3 Å². The minimum absolute atomic E-state index is 0.852. The second-order valence-corrected chi connectivity index (χ2v) is 7.86. The van der Waals surface area contributed by atoms with Gasteiger partial charge in [0.05, 0.1) is 0 Å². The van der Waals surface area contributed by atoms with Crippen LogP contribution in [-0.4, -0.2) is 13.1 Å². The fraction of sp³-hybridized carbons (Fsp3) is 0.778. The third-order valence-corrected chi connectivity index (χ3v) is 5.90. The first-order chi connectivity index (χ1) is 9.70. The highest BCUT2D eigenvalue weighted by Crippen LogP contribution is 2.39. The summed E-state index contributed by atoms with van der Waals surface area (Å²) in [5, 5.41) is 5.89. The molecule has 3 unspecified atom stereocenters. The third kappa shape index (κ3) is 4.60. The van der Waals surface area contributed by atoms with E-state index in [1.54, 1.807) is 4.88 Å². The van der Waals surface area contributed by atoms with Crippen LogP contribution < -0.4 is 5.32 Å². The van der Waals surface area contributed by atoms with Gasteiger partial charge >= 0.3 is 0 Å². The summed E-state index contributed by atoms with van der Waals surface area (Å²) in [6.07, 6.45) is 6.86. The highest BCUT2D eigenvalue weighted by molar-refractivity contribution is 7.09. The molecule has 20 heavy (non-hydrogen) atoms. The zero-order chi connectivity index (χ0) is 14.4. The van der Waals surface area contributed by atoms with Gasteiger partial charge in [0.1, 0.15) is 0 Å². The molecule has 2 rings (SSSR count). The van der Waals surface area contributed by atoms with E-state index >= 15 is 0 Å². The zero-order valence-electron chi connectivity index (χ0n) is 13.4. The van der Waals surface area contributed by atoms with E-state index in [2.05, 4.69) is 43.6 Å². The first-order valence-corrected chi connectivity index (χ1v) is 9.31. The van der Waals surface area contributed by atoms with Gasteiger partial charge in [-0.3, -0.25) is 0 Å². The Hall–Kier alpha value is -0.340. The molecule has 1 heterocycles. The van der Waals surface area contributed by atoms with Crippen molar-refractivity contribution in [3.8, 4) is 0 Å². The molecule has 1 fully saturated rings. The van der Waals surface area contributed by atoms with Crippen molar-refractivity contribution in [2.75, 3.05) is 13.1 Å². The van der Waals surface area contributed by atoms with E-state index < -0.39 is 0 Å². The lowest BCUT2D eigenvalue weighted by Crippen LogP contribution is -2.35. The monoisotopic (exact) mass is 293 g/mol. The molecule has 1 N–H and O–H groups in total. The summed E-state index contributed by atoms with van der Waals surface area (Å²) in [6, 6.07) is 4.52. The Morgan fingerprint density at radius 3 is 2.80 bits per heavy atom. The summed E-state index contributed by atoms with van der Waals surface area (Å²) in [7, 11) is 0. The van der Waals surface area contributed by atoms with E-state index in [0.717, 1.165) is 23.7 Å². The van der Waals surface area contributed by atoms with Crippen molar-refractivity contribution in [1.29, 1.82) is 0 Å². The average molecular weight is 294 g/mol. The summed E-state index contributed by atoms with van der Waals surface area (Å²) in [6.45, 7) is 9.47. The maximum Gasteiger partial charge on any atom is 0.00480 e. The maximum atomic E-state index is 3.66. The van der Waals surface area contributed by atoms with E-state index in [1.165, 1.54) is 45.2 Å². The summed E-state index contributed by atoms with van der Waals surface area (Å²) in [5.74, 6) is 3.57. The smallest absolute Gasteiger partial charge is 0.00480 e. The number of hydrogen-bond donors (Lipinski definition) is 1. The minimum atomic E-state index is 0.852. The number of nitrogens with one attached hydrogen (secondary N) is 1. The molecular weight excluding hydrogens is 262 g/mol. The first kappa shape index (κ1) is 16.0. The van der Waals surface area contributed by atoms with E-state index in [0.29, 0.717) is 0 Å². The molecule has 1 aromatic heterocycles. The molecule has 1 saturated carbocycles. The van der Waals surface area contributed by atoms with Gasteiger partial charge in [-0.25, -0.2) is 0 Å². The highest BCUT2D eigenvalue weighted by atomic mass is 32.1. The van der Waals surface area contributed by atoms with Crippen LogP contribution in [0.4, 0.5) is 0 Å². The lowest BCUT2D eigenvalue weighted by Gasteiger charge is -2.38. The Morgan fingerprint density at radius 1 is 1.30 bits per heavy atom. The number of rotatable bonds is 7. The van der Waals surface area contributed by atoms with Gasteiger partial charge in [-0.15, -0.1) is 11.3 Å². The second kappa shape index (κ2) is 8.19. The summed E-state index contributed by atoms with van der Waals surface area (Å²) in [5.41, 5.74) is 0. The van der Waals surface area contributed by atoms with Crippen molar-refractivity contribution < 1.29 is 0 Å². The van der Waals surface area contributed by atoms with Gasteiger partial charge in [-0.2, -0.15) is 0 Å². The van der Waals surface area contributed by atoms with Crippen molar-refractivity contribution in [2.45, 2.75) is 52.9 Å². The first-order valence-electron chi connectivity index (χ1n) is 8.43. The Labute approximate surface area is 129 Å². The Morgan fingerprint density at radius 2 is 2.15 bits per heavy atom. The van der Waals surface area contributed by atoms with E-state index in [1.807, 2.05) is 11.3 Å². The van der Waals surface area contributed by atoms with Gasteiger partial charge < -0.3 is 5.32 Å². The quantitative estimate of drug-likeness (QED) is 0.699. The van der Waals surface area contributed by atoms with Gasteiger partial charge in [0.25, 0.3) is 0 Å². The van der Waals surface area contributed by atoms with Crippen LogP contribution in [0.2, 0.25) is 0 Å². The molecule has 1 aliphatic carbocycles. The Kier molecular flexibility index (Phi) is 6.57. The molecule has 0 saturated heterocycles. The van der Waals surface area contributed by atoms with E-state index in [9.17, 15) is 0 Å². The van der Waals surface area contributed by atoms with Crippen LogP contribution in [0, 0.1) is 23.7 Å². The SMILES string of the molecule is CCCNCC1CCC(C(C)C)CC1Cc1cccs1. The summed E-state index contributed by atoms with van der Waals surface area (Å²) < 4.78 is 0. The lowest BCUT2D eigenvalue weighted by atomic mass is 9.69. The van der Waals surface area contributed by atoms with Crippen LogP contribution in [0.25, 0.3) is 0 Å². The van der Waals surface area contributed by atoms with E-state index in [-0.39, 0.29) is 0 Å². The molecule has 1 nitrogen and oxygen atoms in total. The van der Waals surface area contributed by atoms with Crippen LogP contribution in [0.1, 0.15) is 51.3 Å². The van der Waals surface area contributed by atoms with E-state index in [4.69, 9.17) is 0 Å². The summed E-state index contributed by atoms with van der Waals surface area (Å²) >= 11 is 1.94. The third-order valence-electron chi connectivity index (χ3n) is 5.00. The Bertz CT molecular complexity index is 358. The van der Waals surface area contributed by atoms with Gasteiger partial charge in [0.2, 0.25) is 0 Å². The Balaban J connectivity index is 1.94. The highest BCUT2D eigenvalue weighted by Gasteiger charge is 2.31. The molecule has 0 radical (unpaired) electrons. The molecule has 3 atom stereocenters. The normalized spacial score (nSPS) is 27.1. The molecule has 1 aromatic rings. The van der Waals surface area contributed by atoms with Crippen LogP contribution in [0.3, 0.4) is 0 Å². The second-order valence-electron chi connectivity index (χ2n) is 6.82. The standard InChI is InChI=1S/C18H31NS/c1-4-9-19-13-16-8-7-15(14(2)3)11-17(16)12-18-6-5-10-20-18/h5-6,10,14-17,19H,4,7-9,11-13H2,1-3H3. The van der Waals surface area contributed by atoms with Gasteiger partial charge in [-0.05, 0) is 80.3 Å². The fourth-order valence-electron chi connectivity index (χ4n) is 3.64. The molecule has 0 bridgehead atoms. The van der Waals surface area contributed by atoms with Gasteiger partial charge in [-0.1, -0.05) is 26.8 Å². The predicted octanol–water partition coefficient (Wildman–Crippen LogP) is 4.98. The van der Waals surface area contributed by atoms with Crippen molar-refractivity contribution in [3.63, 3.8) is 0 Å². The molecule has 0 aliphatic heterocycles. The van der Waals surface area contributed by atoms with Crippen LogP contribution in [0.15, 0.2) is 17.5 Å². The molecule has 0 spiro atoms. The molecule has 2 heteroatoms. The molecule has 0 amide bonds. The zero-order valence-corrected chi connectivity index (χ0v) is 14.2. The van der Waals surface area contributed by atoms with Crippen molar-refractivity contribution >= 4 is 11.3 Å². The average Bonchev–Trinajstić information content (AvgIpc) is 2.93. The minimum Gasteiger partial charge on any atom is -0.316 e. The van der Waals surface area contributed by atoms with Crippen molar-refractivity contribution in [1.82, 2.24) is 5.32 Å². The molecule has 0 aromatic carbocycles. The maximum absolute atomic E-state index is 3.66. The van der Waals surface area contributed by atoms with Gasteiger partial charge in [0, 0.05) is 4.88 Å². The number of hydrogen-bond acceptors (Lipinski definition) is 2. The fourth-order valence-corrected chi connectivity index (χ4v) is 4.44. The molecular formula is C18H31NS. The van der Waals surface area contributed by atoms with Gasteiger partial charge in [0.15, 0.2) is 0 Å². The largest absolute Gasteiger partial charge is 0.316 e. The topological polar surface area (TPSA) is 12.0 Å². The predicted molar refractivity (Wildman–Crippen MR) is 90.3 cm³/mol. The van der Waals surface area contributed by atoms with Crippen LogP contribution in [0.5, 0.6) is 0 Å². The van der Waals surface area contributed by atoms with Crippen molar-refractivity contribution in [2.24, 2.45) is 23.7 Å². The van der Waals surface area contributed by atoms with Crippen LogP contribution in [-0.2, 0) is 6.42 Å². The summed E-state index contributed by atoms with van der Waals surface area (Å²) in [4.78, 5) is 1.58. The van der Waals surface area contributed by atoms with Crippen molar-refractivity contribution in [3.05, 3.63) is 22.4 Å². The molecule has 1 aliphatic rings. The lowest BCUT2D eigenvalue weighted by molar-refractivity contribution is 0.145. The molecule has 114 valence electrons. The number of thiophene rings is 1.